The molecule has 1 aliphatic heterocycles. The van der Waals surface area contributed by atoms with Gasteiger partial charge in [0.25, 0.3) is 0 Å². The summed E-state index contributed by atoms with van der Waals surface area (Å²) in [6.45, 7) is 11.6. The van der Waals surface area contributed by atoms with Gasteiger partial charge in [0.15, 0.2) is 0 Å². The average molecular weight is 355 g/mol. The fraction of sp³-hybridized carbons (Fsp3) is 0.647. The predicted molar refractivity (Wildman–Crippen MR) is 92.0 cm³/mol. The van der Waals surface area contributed by atoms with E-state index in [1.54, 1.807) is 0 Å². The zero-order valence-electron chi connectivity index (χ0n) is 13.4. The largest absolute Gasteiger partial charge is 0.492 e. The van der Waals surface area contributed by atoms with E-state index in [0.717, 1.165) is 29.9 Å². The van der Waals surface area contributed by atoms with Crippen molar-refractivity contribution in [3.63, 3.8) is 0 Å². The highest BCUT2D eigenvalue weighted by molar-refractivity contribution is 9.10. The minimum atomic E-state index is 0.474. The first-order valence-electron chi connectivity index (χ1n) is 7.94. The minimum absolute atomic E-state index is 0.474. The van der Waals surface area contributed by atoms with Gasteiger partial charge in [-0.3, -0.25) is 4.90 Å². The Kier molecular flexibility index (Phi) is 6.52. The van der Waals surface area contributed by atoms with Gasteiger partial charge in [-0.05, 0) is 50.6 Å². The number of nitrogens with zero attached hydrogens (tertiary/aromatic N) is 1. The van der Waals surface area contributed by atoms with Gasteiger partial charge in [-0.25, -0.2) is 0 Å². The van der Waals surface area contributed by atoms with Crippen LogP contribution in [-0.2, 0) is 6.54 Å². The van der Waals surface area contributed by atoms with Crippen molar-refractivity contribution < 1.29 is 4.74 Å². The molecule has 21 heavy (non-hydrogen) atoms. The smallest absolute Gasteiger partial charge is 0.126 e. The maximum absolute atomic E-state index is 6.11. The number of ether oxygens (including phenoxy) is 1. The molecular weight excluding hydrogens is 328 g/mol. The van der Waals surface area contributed by atoms with Crippen LogP contribution < -0.4 is 10.1 Å². The summed E-state index contributed by atoms with van der Waals surface area (Å²) in [5.41, 5.74) is 2.43. The summed E-state index contributed by atoms with van der Waals surface area (Å²) in [4.78, 5) is 2.49. The van der Waals surface area contributed by atoms with Crippen molar-refractivity contribution in [3.05, 3.63) is 27.7 Å². The molecular formula is C17H27BrN2O. The van der Waals surface area contributed by atoms with Crippen molar-refractivity contribution in [1.29, 1.82) is 0 Å². The molecule has 0 unspecified atom stereocenters. The van der Waals surface area contributed by atoms with E-state index in [1.165, 1.54) is 37.1 Å². The normalized spacial score (nSPS) is 15.9. The Hall–Kier alpha value is -0.580. The van der Waals surface area contributed by atoms with Crippen LogP contribution in [0.25, 0.3) is 0 Å². The molecule has 1 aromatic rings. The minimum Gasteiger partial charge on any atom is -0.492 e. The molecule has 0 radical (unpaired) electrons. The van der Waals surface area contributed by atoms with Crippen LogP contribution in [0.3, 0.4) is 0 Å². The highest BCUT2D eigenvalue weighted by Gasteiger charge is 2.13. The Bertz CT molecular complexity index is 456. The first-order valence-corrected chi connectivity index (χ1v) is 8.73. The summed E-state index contributed by atoms with van der Waals surface area (Å²) in [6.07, 6.45) is 2.67. The highest BCUT2D eigenvalue weighted by Crippen LogP contribution is 2.28. The second-order valence-electron chi connectivity index (χ2n) is 6.14. The summed E-state index contributed by atoms with van der Waals surface area (Å²) in [5.74, 6) is 1.05. The molecule has 1 aliphatic rings. The standard InChI is InChI=1S/C17H27BrN2O/c1-13(2)19-12-15-11-16(18)10-14(3)17(15)21-9-8-20-6-4-5-7-20/h10-11,13,19H,4-9,12H2,1-3H3. The first kappa shape index (κ1) is 16.8. The van der Waals surface area contributed by atoms with Crippen LogP contribution in [0.5, 0.6) is 5.75 Å². The predicted octanol–water partition coefficient (Wildman–Crippen LogP) is 3.73. The molecule has 1 aromatic carbocycles. The summed E-state index contributed by atoms with van der Waals surface area (Å²) in [6, 6.07) is 4.76. The van der Waals surface area contributed by atoms with Gasteiger partial charge >= 0.3 is 0 Å². The molecule has 1 fully saturated rings. The van der Waals surface area contributed by atoms with Gasteiger partial charge in [0, 0.05) is 29.2 Å². The quantitative estimate of drug-likeness (QED) is 0.807. The van der Waals surface area contributed by atoms with E-state index in [-0.39, 0.29) is 0 Å². The van der Waals surface area contributed by atoms with E-state index in [9.17, 15) is 0 Å². The molecule has 0 atom stereocenters. The van der Waals surface area contributed by atoms with Crippen molar-refractivity contribution in [2.45, 2.75) is 46.2 Å². The van der Waals surface area contributed by atoms with Gasteiger partial charge in [-0.1, -0.05) is 29.8 Å². The van der Waals surface area contributed by atoms with Gasteiger partial charge < -0.3 is 10.1 Å². The number of benzene rings is 1. The fourth-order valence-corrected chi connectivity index (χ4v) is 3.35. The molecule has 1 N–H and O–H groups in total. The third kappa shape index (κ3) is 5.28. The highest BCUT2D eigenvalue weighted by atomic mass is 79.9. The molecule has 3 nitrogen and oxygen atoms in total. The molecule has 2 rings (SSSR count). The lowest BCUT2D eigenvalue weighted by Crippen LogP contribution is -2.26. The molecule has 0 aromatic heterocycles. The van der Waals surface area contributed by atoms with Crippen LogP contribution >= 0.6 is 15.9 Å². The number of likely N-dealkylation sites (tertiary alicyclic amines) is 1. The maximum atomic E-state index is 6.11. The number of halogens is 1. The summed E-state index contributed by atoms with van der Waals surface area (Å²) in [7, 11) is 0. The zero-order chi connectivity index (χ0) is 15.2. The Morgan fingerprint density at radius 1 is 1.29 bits per heavy atom. The van der Waals surface area contributed by atoms with Gasteiger partial charge in [0.2, 0.25) is 0 Å². The van der Waals surface area contributed by atoms with E-state index in [0.29, 0.717) is 6.04 Å². The number of nitrogens with one attached hydrogen (secondary N) is 1. The molecule has 0 amide bonds. The van der Waals surface area contributed by atoms with Crippen molar-refractivity contribution in [1.82, 2.24) is 10.2 Å². The molecule has 0 bridgehead atoms. The number of rotatable bonds is 7. The van der Waals surface area contributed by atoms with Gasteiger partial charge in [0.1, 0.15) is 12.4 Å². The van der Waals surface area contributed by atoms with Crippen molar-refractivity contribution in [2.75, 3.05) is 26.2 Å². The van der Waals surface area contributed by atoms with Crippen LogP contribution in [0, 0.1) is 6.92 Å². The Labute approximate surface area is 137 Å². The molecule has 1 saturated heterocycles. The van der Waals surface area contributed by atoms with E-state index in [4.69, 9.17) is 4.74 Å². The lowest BCUT2D eigenvalue weighted by atomic mass is 10.1. The molecule has 0 spiro atoms. The molecule has 0 saturated carbocycles. The lowest BCUT2D eigenvalue weighted by molar-refractivity contribution is 0.235. The van der Waals surface area contributed by atoms with E-state index in [1.807, 2.05) is 0 Å². The van der Waals surface area contributed by atoms with Gasteiger partial charge in [-0.15, -0.1) is 0 Å². The topological polar surface area (TPSA) is 24.5 Å². The van der Waals surface area contributed by atoms with Gasteiger partial charge in [-0.2, -0.15) is 0 Å². The Balaban J connectivity index is 1.98. The van der Waals surface area contributed by atoms with Crippen LogP contribution in [0.1, 0.15) is 37.8 Å². The van der Waals surface area contributed by atoms with Crippen molar-refractivity contribution >= 4 is 15.9 Å². The SMILES string of the molecule is Cc1cc(Br)cc(CNC(C)C)c1OCCN1CCCC1. The van der Waals surface area contributed by atoms with Crippen molar-refractivity contribution in [2.24, 2.45) is 0 Å². The fourth-order valence-electron chi connectivity index (χ4n) is 2.73. The second kappa shape index (κ2) is 8.16. The monoisotopic (exact) mass is 354 g/mol. The van der Waals surface area contributed by atoms with E-state index in [2.05, 4.69) is 59.1 Å². The lowest BCUT2D eigenvalue weighted by Gasteiger charge is -2.19. The summed E-state index contributed by atoms with van der Waals surface area (Å²) >= 11 is 3.58. The van der Waals surface area contributed by atoms with Crippen LogP contribution in [-0.4, -0.2) is 37.2 Å². The van der Waals surface area contributed by atoms with Crippen LogP contribution in [0.4, 0.5) is 0 Å². The molecule has 118 valence electrons. The average Bonchev–Trinajstić information content (AvgIpc) is 2.92. The maximum Gasteiger partial charge on any atom is 0.126 e. The van der Waals surface area contributed by atoms with E-state index >= 15 is 0 Å². The molecule has 1 heterocycles. The van der Waals surface area contributed by atoms with Gasteiger partial charge in [0.05, 0.1) is 0 Å². The molecule has 0 aliphatic carbocycles. The van der Waals surface area contributed by atoms with E-state index < -0.39 is 0 Å². The summed E-state index contributed by atoms with van der Waals surface area (Å²) < 4.78 is 7.23. The summed E-state index contributed by atoms with van der Waals surface area (Å²) in [5, 5.41) is 3.48. The van der Waals surface area contributed by atoms with Crippen LogP contribution in [0.2, 0.25) is 0 Å². The zero-order valence-corrected chi connectivity index (χ0v) is 15.0. The van der Waals surface area contributed by atoms with Crippen molar-refractivity contribution in [3.8, 4) is 5.75 Å². The Morgan fingerprint density at radius 3 is 2.67 bits per heavy atom. The Morgan fingerprint density at radius 2 is 2.00 bits per heavy atom. The van der Waals surface area contributed by atoms with Crippen LogP contribution in [0.15, 0.2) is 16.6 Å². The number of hydrogen-bond acceptors (Lipinski definition) is 3. The number of hydrogen-bond donors (Lipinski definition) is 1. The third-order valence-electron chi connectivity index (χ3n) is 3.87. The molecule has 4 heteroatoms. The third-order valence-corrected chi connectivity index (χ3v) is 4.33. The first-order chi connectivity index (χ1) is 10.1. The second-order valence-corrected chi connectivity index (χ2v) is 7.06. The number of aryl methyl sites for hydroxylation is 1.